The van der Waals surface area contributed by atoms with Crippen LogP contribution in [0, 0.1) is 0 Å². The van der Waals surface area contributed by atoms with Gasteiger partial charge in [0.05, 0.1) is 11.9 Å². The van der Waals surface area contributed by atoms with Crippen LogP contribution in [0.5, 0.6) is 0 Å². The minimum Gasteiger partial charge on any atom is -0.477 e. The number of pyridine rings is 1. The molecular formula is C11H14N4O3. The molecule has 1 aromatic heterocycles. The molecule has 0 unspecified atom stereocenters. The highest BCUT2D eigenvalue weighted by molar-refractivity contribution is 5.90. The van der Waals surface area contributed by atoms with E-state index >= 15 is 0 Å². The zero-order valence-corrected chi connectivity index (χ0v) is 9.72. The summed E-state index contributed by atoms with van der Waals surface area (Å²) < 4.78 is 0. The second-order valence-corrected chi connectivity index (χ2v) is 3.90. The zero-order valence-electron chi connectivity index (χ0n) is 9.72. The van der Waals surface area contributed by atoms with Gasteiger partial charge in [-0.1, -0.05) is 0 Å². The number of rotatable bonds is 2. The Morgan fingerprint density at radius 2 is 2.06 bits per heavy atom. The topological polar surface area (TPSA) is 94.6 Å². The van der Waals surface area contributed by atoms with E-state index in [-0.39, 0.29) is 11.7 Å². The Morgan fingerprint density at radius 1 is 1.33 bits per heavy atom. The summed E-state index contributed by atoms with van der Waals surface area (Å²) in [5, 5.41) is 14.5. The number of carbonyl (C=O) groups is 2. The fourth-order valence-corrected chi connectivity index (χ4v) is 1.66. The number of hydrogen-bond acceptors (Lipinski definition) is 4. The van der Waals surface area contributed by atoms with Crippen molar-refractivity contribution in [2.24, 2.45) is 0 Å². The van der Waals surface area contributed by atoms with Gasteiger partial charge in [-0.25, -0.2) is 14.6 Å². The van der Waals surface area contributed by atoms with E-state index in [0.29, 0.717) is 18.8 Å². The average molecular weight is 250 g/mol. The number of nitrogens with one attached hydrogen (secondary N) is 2. The monoisotopic (exact) mass is 250 g/mol. The fraction of sp³-hybridized carbons (Fsp3) is 0.364. The Balaban J connectivity index is 1.96. The van der Waals surface area contributed by atoms with Gasteiger partial charge in [-0.15, -0.1) is 0 Å². The van der Waals surface area contributed by atoms with Crippen molar-refractivity contribution in [3.8, 4) is 0 Å². The van der Waals surface area contributed by atoms with Gasteiger partial charge in [0.15, 0.2) is 0 Å². The van der Waals surface area contributed by atoms with Crippen LogP contribution in [0.4, 0.5) is 10.5 Å². The molecule has 2 heterocycles. The zero-order chi connectivity index (χ0) is 13.0. The lowest BCUT2D eigenvalue weighted by atomic mass is 10.3. The van der Waals surface area contributed by atoms with Gasteiger partial charge in [0.25, 0.3) is 0 Å². The van der Waals surface area contributed by atoms with Crippen molar-refractivity contribution in [1.82, 2.24) is 15.2 Å². The highest BCUT2D eigenvalue weighted by atomic mass is 16.4. The Kier molecular flexibility index (Phi) is 3.73. The number of carboxylic acids is 1. The van der Waals surface area contributed by atoms with Crippen molar-refractivity contribution in [2.45, 2.75) is 0 Å². The van der Waals surface area contributed by atoms with Crippen LogP contribution in [0.25, 0.3) is 0 Å². The molecule has 1 aliphatic rings. The van der Waals surface area contributed by atoms with E-state index < -0.39 is 5.97 Å². The second-order valence-electron chi connectivity index (χ2n) is 3.90. The number of carboxylic acid groups (broad SMARTS) is 1. The Labute approximate surface area is 104 Å². The Morgan fingerprint density at radius 3 is 2.61 bits per heavy atom. The van der Waals surface area contributed by atoms with Crippen molar-refractivity contribution in [2.75, 3.05) is 31.5 Å². The largest absolute Gasteiger partial charge is 0.477 e. The van der Waals surface area contributed by atoms with Crippen molar-refractivity contribution < 1.29 is 14.7 Å². The Bertz CT molecular complexity index is 440. The average Bonchev–Trinajstić information content (AvgIpc) is 2.40. The molecular weight excluding hydrogens is 236 g/mol. The quantitative estimate of drug-likeness (QED) is 0.698. The summed E-state index contributed by atoms with van der Waals surface area (Å²) in [5.74, 6) is -1.09. The number of anilines is 1. The number of aromatic carboxylic acids is 1. The number of aromatic nitrogens is 1. The van der Waals surface area contributed by atoms with Crippen LogP contribution in [-0.2, 0) is 0 Å². The van der Waals surface area contributed by atoms with Gasteiger partial charge in [-0.3, -0.25) is 0 Å². The van der Waals surface area contributed by atoms with Crippen molar-refractivity contribution >= 4 is 17.7 Å². The van der Waals surface area contributed by atoms with Gasteiger partial charge in [0, 0.05) is 26.2 Å². The van der Waals surface area contributed by atoms with E-state index in [9.17, 15) is 9.59 Å². The lowest BCUT2D eigenvalue weighted by molar-refractivity contribution is 0.0690. The molecule has 1 aromatic rings. The summed E-state index contributed by atoms with van der Waals surface area (Å²) in [7, 11) is 0. The lowest BCUT2D eigenvalue weighted by Crippen LogP contribution is -2.48. The third-order valence-corrected chi connectivity index (χ3v) is 2.64. The minimum atomic E-state index is -1.09. The molecule has 0 radical (unpaired) electrons. The van der Waals surface area contributed by atoms with Gasteiger partial charge in [0.1, 0.15) is 5.69 Å². The van der Waals surface area contributed by atoms with Crippen LogP contribution in [0.2, 0.25) is 0 Å². The van der Waals surface area contributed by atoms with E-state index in [0.717, 1.165) is 13.1 Å². The summed E-state index contributed by atoms with van der Waals surface area (Å²) in [4.78, 5) is 27.9. The molecule has 0 bridgehead atoms. The van der Waals surface area contributed by atoms with Crippen LogP contribution >= 0.6 is 0 Å². The molecule has 0 aromatic carbocycles. The molecule has 7 nitrogen and oxygen atoms in total. The standard InChI is InChI=1S/C11H14N4O3/c16-10(17)9-2-1-8(7-13-9)14-11(18)15-5-3-12-4-6-15/h1-2,7,12H,3-6H2,(H,14,18)(H,16,17). The number of nitrogens with zero attached hydrogens (tertiary/aromatic N) is 2. The smallest absolute Gasteiger partial charge is 0.354 e. The molecule has 1 saturated heterocycles. The highest BCUT2D eigenvalue weighted by Gasteiger charge is 2.16. The minimum absolute atomic E-state index is 0.0461. The molecule has 7 heteroatoms. The van der Waals surface area contributed by atoms with Gasteiger partial charge in [-0.2, -0.15) is 0 Å². The molecule has 3 N–H and O–H groups in total. The van der Waals surface area contributed by atoms with E-state index in [2.05, 4.69) is 15.6 Å². The van der Waals surface area contributed by atoms with Crippen molar-refractivity contribution in [1.29, 1.82) is 0 Å². The fourth-order valence-electron chi connectivity index (χ4n) is 1.66. The maximum atomic E-state index is 11.8. The second kappa shape index (κ2) is 5.46. The third-order valence-electron chi connectivity index (χ3n) is 2.64. The first kappa shape index (κ1) is 12.3. The van der Waals surface area contributed by atoms with Gasteiger partial charge in [-0.05, 0) is 12.1 Å². The first-order valence-corrected chi connectivity index (χ1v) is 5.63. The maximum absolute atomic E-state index is 11.8. The molecule has 18 heavy (non-hydrogen) atoms. The summed E-state index contributed by atoms with van der Waals surface area (Å²) >= 11 is 0. The number of hydrogen-bond donors (Lipinski definition) is 3. The van der Waals surface area contributed by atoms with E-state index in [1.807, 2.05) is 0 Å². The third kappa shape index (κ3) is 2.95. The van der Waals surface area contributed by atoms with Gasteiger partial charge in [0.2, 0.25) is 0 Å². The molecule has 1 aliphatic heterocycles. The lowest BCUT2D eigenvalue weighted by Gasteiger charge is -2.27. The molecule has 1 fully saturated rings. The predicted octanol–water partition coefficient (Wildman–Crippen LogP) is 0.217. The SMILES string of the molecule is O=C(O)c1ccc(NC(=O)N2CCNCC2)cn1. The molecule has 2 amide bonds. The summed E-state index contributed by atoms with van der Waals surface area (Å²) in [6.45, 7) is 2.88. The number of carbonyl (C=O) groups excluding carboxylic acids is 1. The molecule has 0 saturated carbocycles. The van der Waals surface area contributed by atoms with Crippen LogP contribution in [0.3, 0.4) is 0 Å². The molecule has 0 aliphatic carbocycles. The summed E-state index contributed by atoms with van der Waals surface area (Å²) in [5.41, 5.74) is 0.443. The first-order chi connectivity index (χ1) is 8.66. The van der Waals surface area contributed by atoms with Crippen LogP contribution in [0.1, 0.15) is 10.5 Å². The van der Waals surface area contributed by atoms with E-state index in [4.69, 9.17) is 5.11 Å². The van der Waals surface area contributed by atoms with Crippen LogP contribution in [0.15, 0.2) is 18.3 Å². The highest BCUT2D eigenvalue weighted by Crippen LogP contribution is 2.07. The van der Waals surface area contributed by atoms with Crippen LogP contribution in [-0.4, -0.2) is 53.2 Å². The van der Waals surface area contributed by atoms with Crippen molar-refractivity contribution in [3.05, 3.63) is 24.0 Å². The number of piperazine rings is 1. The number of amides is 2. The normalized spacial score (nSPS) is 15.2. The Hall–Kier alpha value is -2.15. The van der Waals surface area contributed by atoms with Crippen LogP contribution < -0.4 is 10.6 Å². The van der Waals surface area contributed by atoms with Crippen molar-refractivity contribution in [3.63, 3.8) is 0 Å². The van der Waals surface area contributed by atoms with E-state index in [1.165, 1.54) is 18.3 Å². The van der Waals surface area contributed by atoms with Gasteiger partial charge < -0.3 is 20.6 Å². The molecule has 0 spiro atoms. The molecule has 2 rings (SSSR count). The van der Waals surface area contributed by atoms with E-state index in [1.54, 1.807) is 4.90 Å². The first-order valence-electron chi connectivity index (χ1n) is 5.63. The summed E-state index contributed by atoms with van der Waals surface area (Å²) in [6.07, 6.45) is 1.34. The van der Waals surface area contributed by atoms with Gasteiger partial charge >= 0.3 is 12.0 Å². The molecule has 0 atom stereocenters. The predicted molar refractivity (Wildman–Crippen MR) is 64.7 cm³/mol. The maximum Gasteiger partial charge on any atom is 0.354 e. The number of urea groups is 1. The molecule has 96 valence electrons. The summed E-state index contributed by atoms with van der Waals surface area (Å²) in [6, 6.07) is 2.69.